The third-order valence-corrected chi connectivity index (χ3v) is 7.73. The van der Waals surface area contributed by atoms with Crippen molar-refractivity contribution in [1.82, 2.24) is 4.98 Å². The van der Waals surface area contributed by atoms with Crippen molar-refractivity contribution in [3.8, 4) is 0 Å². The molecule has 0 saturated carbocycles. The van der Waals surface area contributed by atoms with Gasteiger partial charge in [0, 0.05) is 29.0 Å². The molecule has 0 bridgehead atoms. The lowest BCUT2D eigenvalue weighted by atomic mass is 10.0. The van der Waals surface area contributed by atoms with Crippen molar-refractivity contribution in [3.05, 3.63) is 84.1 Å². The Labute approximate surface area is 156 Å². The number of rotatable bonds is 4. The zero-order valence-electron chi connectivity index (χ0n) is 13.7. The van der Waals surface area contributed by atoms with Gasteiger partial charge in [0.15, 0.2) is 5.82 Å². The van der Waals surface area contributed by atoms with Gasteiger partial charge in [-0.25, -0.2) is 4.98 Å². The van der Waals surface area contributed by atoms with Gasteiger partial charge in [-0.1, -0.05) is 48.5 Å². The topological polar surface area (TPSA) is 50.9 Å². The molecule has 3 nitrogen and oxygen atoms in total. The highest BCUT2D eigenvalue weighted by Gasteiger charge is 2.40. The van der Waals surface area contributed by atoms with Crippen molar-refractivity contribution in [2.75, 3.05) is 22.6 Å². The molecule has 0 amide bonds. The van der Waals surface area contributed by atoms with E-state index in [1.165, 1.54) is 11.1 Å². The van der Waals surface area contributed by atoms with Gasteiger partial charge < -0.3 is 11.1 Å². The molecule has 1 saturated heterocycles. The summed E-state index contributed by atoms with van der Waals surface area (Å²) >= 11 is 3.99. The lowest BCUT2D eigenvalue weighted by Crippen LogP contribution is -2.18. The summed E-state index contributed by atoms with van der Waals surface area (Å²) in [4.78, 5) is 4.39. The van der Waals surface area contributed by atoms with E-state index in [9.17, 15) is 0 Å². The minimum atomic E-state index is -0.103. The van der Waals surface area contributed by atoms with E-state index in [2.05, 4.69) is 58.8 Å². The fourth-order valence-electron chi connectivity index (χ4n) is 3.08. The van der Waals surface area contributed by atoms with E-state index in [-0.39, 0.29) is 4.08 Å². The van der Waals surface area contributed by atoms with Gasteiger partial charge in [0.25, 0.3) is 0 Å². The van der Waals surface area contributed by atoms with Gasteiger partial charge in [0.2, 0.25) is 0 Å². The standard InChI is InChI=1S/C20H19N3S2/c21-17-10-6-12-22-19(17)23-18-11-5-4-9-16(18)20(24-13-14-25-20)15-7-2-1-3-8-15/h1-12H,13-14,21H2,(H,22,23). The first-order valence-corrected chi connectivity index (χ1v) is 10.2. The Morgan fingerprint density at radius 1 is 0.880 bits per heavy atom. The molecule has 4 rings (SSSR count). The van der Waals surface area contributed by atoms with E-state index in [1.807, 2.05) is 41.7 Å². The largest absolute Gasteiger partial charge is 0.396 e. The summed E-state index contributed by atoms with van der Waals surface area (Å²) in [6.07, 6.45) is 1.76. The normalized spacial score (nSPS) is 15.8. The third-order valence-electron chi connectivity index (χ3n) is 4.22. The zero-order chi connectivity index (χ0) is 17.1. The van der Waals surface area contributed by atoms with Gasteiger partial charge in [-0.2, -0.15) is 0 Å². The van der Waals surface area contributed by atoms with Crippen molar-refractivity contribution in [1.29, 1.82) is 0 Å². The average Bonchev–Trinajstić information content (AvgIpc) is 3.16. The first-order valence-electron chi connectivity index (χ1n) is 8.20. The van der Waals surface area contributed by atoms with Crippen LogP contribution in [0.2, 0.25) is 0 Å². The number of thioether (sulfide) groups is 2. The molecule has 3 N–H and O–H groups in total. The van der Waals surface area contributed by atoms with Crippen LogP contribution >= 0.6 is 23.5 Å². The SMILES string of the molecule is Nc1cccnc1Nc1ccccc1C1(c2ccccc2)SCCS1. The predicted molar refractivity (Wildman–Crippen MR) is 111 cm³/mol. The highest BCUT2D eigenvalue weighted by molar-refractivity contribution is 8.20. The van der Waals surface area contributed by atoms with Gasteiger partial charge in [0.05, 0.1) is 5.69 Å². The molecule has 0 spiro atoms. The number of nitrogen functional groups attached to an aromatic ring is 1. The lowest BCUT2D eigenvalue weighted by Gasteiger charge is -2.30. The Kier molecular flexibility index (Phi) is 4.59. The van der Waals surface area contributed by atoms with Gasteiger partial charge >= 0.3 is 0 Å². The Morgan fingerprint density at radius 2 is 1.60 bits per heavy atom. The van der Waals surface area contributed by atoms with Crippen LogP contribution < -0.4 is 11.1 Å². The van der Waals surface area contributed by atoms with Crippen LogP contribution in [0.1, 0.15) is 11.1 Å². The van der Waals surface area contributed by atoms with Crippen LogP contribution in [0.3, 0.4) is 0 Å². The molecule has 25 heavy (non-hydrogen) atoms. The number of nitrogens with zero attached hydrogens (tertiary/aromatic N) is 1. The smallest absolute Gasteiger partial charge is 0.153 e. The van der Waals surface area contributed by atoms with E-state index >= 15 is 0 Å². The van der Waals surface area contributed by atoms with Crippen LogP contribution in [0.15, 0.2) is 72.9 Å². The van der Waals surface area contributed by atoms with Crippen LogP contribution in [-0.2, 0) is 4.08 Å². The summed E-state index contributed by atoms with van der Waals surface area (Å²) in [6.45, 7) is 0. The number of nitrogens with two attached hydrogens (primary N) is 1. The number of pyridine rings is 1. The van der Waals surface area contributed by atoms with Crippen molar-refractivity contribution in [2.45, 2.75) is 4.08 Å². The van der Waals surface area contributed by atoms with E-state index in [4.69, 9.17) is 5.73 Å². The minimum absolute atomic E-state index is 0.103. The number of hydrogen-bond donors (Lipinski definition) is 2. The van der Waals surface area contributed by atoms with E-state index in [0.29, 0.717) is 11.5 Å². The van der Waals surface area contributed by atoms with Crippen LogP contribution in [-0.4, -0.2) is 16.5 Å². The van der Waals surface area contributed by atoms with Crippen molar-refractivity contribution >= 4 is 40.7 Å². The fraction of sp³-hybridized carbons (Fsp3) is 0.150. The molecule has 1 aliphatic rings. The maximum atomic E-state index is 6.08. The summed E-state index contributed by atoms with van der Waals surface area (Å²) in [6, 6.07) is 22.9. The molecule has 126 valence electrons. The number of nitrogens with one attached hydrogen (secondary N) is 1. The van der Waals surface area contributed by atoms with Gasteiger partial charge in [0.1, 0.15) is 4.08 Å². The highest BCUT2D eigenvalue weighted by atomic mass is 32.2. The first kappa shape index (κ1) is 16.4. The van der Waals surface area contributed by atoms with Gasteiger partial charge in [-0.3, -0.25) is 0 Å². The Hall–Kier alpha value is -2.11. The molecule has 2 aromatic carbocycles. The second kappa shape index (κ2) is 7.02. The Bertz CT molecular complexity index is 862. The van der Waals surface area contributed by atoms with Crippen LogP contribution in [0.4, 0.5) is 17.2 Å². The maximum Gasteiger partial charge on any atom is 0.153 e. The number of hydrogen-bond acceptors (Lipinski definition) is 5. The fourth-order valence-corrected chi connectivity index (χ4v) is 6.42. The summed E-state index contributed by atoms with van der Waals surface area (Å²) in [5.41, 5.74) is 10.4. The minimum Gasteiger partial charge on any atom is -0.396 e. The lowest BCUT2D eigenvalue weighted by molar-refractivity contribution is 1.08. The van der Waals surface area contributed by atoms with E-state index < -0.39 is 0 Å². The van der Waals surface area contributed by atoms with Crippen molar-refractivity contribution < 1.29 is 0 Å². The van der Waals surface area contributed by atoms with Crippen LogP contribution in [0.5, 0.6) is 0 Å². The molecule has 0 atom stereocenters. The molecular weight excluding hydrogens is 346 g/mol. The number of aromatic nitrogens is 1. The molecule has 3 aromatic rings. The summed E-state index contributed by atoms with van der Waals surface area (Å²) in [5, 5.41) is 3.45. The number of para-hydroxylation sites is 1. The van der Waals surface area contributed by atoms with Gasteiger partial charge in [-0.05, 0) is 23.8 Å². The summed E-state index contributed by atoms with van der Waals surface area (Å²) in [5.74, 6) is 2.98. The van der Waals surface area contributed by atoms with Crippen molar-refractivity contribution in [3.63, 3.8) is 0 Å². The Balaban J connectivity index is 1.81. The molecular formula is C20H19N3S2. The molecule has 0 aliphatic carbocycles. The molecule has 0 radical (unpaired) electrons. The highest BCUT2D eigenvalue weighted by Crippen LogP contribution is 2.58. The van der Waals surface area contributed by atoms with Crippen LogP contribution in [0, 0.1) is 0 Å². The van der Waals surface area contributed by atoms with Gasteiger partial charge in [-0.15, -0.1) is 23.5 Å². The molecule has 5 heteroatoms. The van der Waals surface area contributed by atoms with E-state index in [0.717, 1.165) is 17.2 Å². The molecule has 0 unspecified atom stereocenters. The summed E-state index contributed by atoms with van der Waals surface area (Å²) < 4.78 is -0.103. The van der Waals surface area contributed by atoms with Crippen LogP contribution in [0.25, 0.3) is 0 Å². The number of anilines is 3. The van der Waals surface area contributed by atoms with Crippen molar-refractivity contribution in [2.24, 2.45) is 0 Å². The molecule has 1 aliphatic heterocycles. The quantitative estimate of drug-likeness (QED) is 0.674. The second-order valence-electron chi connectivity index (χ2n) is 5.79. The summed E-state index contributed by atoms with van der Waals surface area (Å²) in [7, 11) is 0. The molecule has 1 fully saturated rings. The predicted octanol–water partition coefficient (Wildman–Crippen LogP) is 5.09. The monoisotopic (exact) mass is 365 g/mol. The molecule has 2 heterocycles. The average molecular weight is 366 g/mol. The number of benzene rings is 2. The maximum absolute atomic E-state index is 6.08. The van der Waals surface area contributed by atoms with E-state index in [1.54, 1.807) is 6.20 Å². The molecule has 1 aromatic heterocycles. The Morgan fingerprint density at radius 3 is 2.36 bits per heavy atom. The second-order valence-corrected chi connectivity index (χ2v) is 8.67. The zero-order valence-corrected chi connectivity index (χ0v) is 15.3. The third kappa shape index (κ3) is 3.10. The first-order chi connectivity index (χ1) is 12.3.